The van der Waals surface area contributed by atoms with Gasteiger partial charge >= 0.3 is 0 Å². The topological polar surface area (TPSA) is 51.1 Å². The number of rotatable bonds is 3. The molecule has 5 rings (SSSR count). The Morgan fingerprint density at radius 3 is 2.69 bits per heavy atom. The van der Waals surface area contributed by atoms with Gasteiger partial charge in [0.25, 0.3) is 0 Å². The normalized spacial score (nSPS) is 14.5. The minimum Gasteiger partial charge on any atom is -0.378 e. The number of halogens is 1. The first kappa shape index (κ1) is 18.1. The summed E-state index contributed by atoms with van der Waals surface area (Å²) in [5.74, 6) is -0.293. The number of hydrogen-bond acceptors (Lipinski definition) is 6. The Bertz CT molecular complexity index is 1170. The molecule has 0 N–H and O–H groups in total. The van der Waals surface area contributed by atoms with Crippen molar-refractivity contribution in [3.05, 3.63) is 58.9 Å². The molecule has 2 aromatic heterocycles. The zero-order chi connectivity index (χ0) is 19.8. The zero-order valence-electron chi connectivity index (χ0n) is 15.9. The smallest absolute Gasteiger partial charge is 0.132 e. The van der Waals surface area contributed by atoms with Crippen LogP contribution in [-0.2, 0) is 4.74 Å². The molecule has 5 nitrogen and oxygen atoms in total. The Kier molecular flexibility index (Phi) is 4.69. The van der Waals surface area contributed by atoms with Crippen LogP contribution in [0.15, 0.2) is 47.5 Å². The third kappa shape index (κ3) is 3.36. The van der Waals surface area contributed by atoms with Crippen molar-refractivity contribution in [2.24, 2.45) is 0 Å². The predicted octanol–water partition coefficient (Wildman–Crippen LogP) is 4.70. The van der Waals surface area contributed by atoms with Gasteiger partial charge in [-0.25, -0.2) is 19.3 Å². The minimum absolute atomic E-state index is 0.293. The molecule has 3 heterocycles. The Balaban J connectivity index is 1.63. The van der Waals surface area contributed by atoms with Crippen LogP contribution < -0.4 is 4.90 Å². The standard InChI is InChI=1S/C22H19FN4OS/c1-14-8-19(23)18(10-17(14)21-11-29-13-26-21)22-16-3-2-15(9-20(16)24-12-25-22)27-4-6-28-7-5-27/h2-3,8-13H,4-7H2,1H3. The summed E-state index contributed by atoms with van der Waals surface area (Å²) in [7, 11) is 0. The number of ether oxygens (including phenoxy) is 1. The lowest BCUT2D eigenvalue weighted by molar-refractivity contribution is 0.122. The molecule has 7 heteroatoms. The van der Waals surface area contributed by atoms with E-state index in [9.17, 15) is 4.39 Å². The summed E-state index contributed by atoms with van der Waals surface area (Å²) in [6.07, 6.45) is 1.50. The van der Waals surface area contributed by atoms with Gasteiger partial charge in [-0.2, -0.15) is 0 Å². The molecule has 2 aromatic carbocycles. The largest absolute Gasteiger partial charge is 0.378 e. The first-order valence-corrected chi connectivity index (χ1v) is 10.4. The Morgan fingerprint density at radius 1 is 1.03 bits per heavy atom. The van der Waals surface area contributed by atoms with Crippen molar-refractivity contribution in [1.82, 2.24) is 15.0 Å². The van der Waals surface area contributed by atoms with E-state index in [1.54, 1.807) is 11.6 Å². The van der Waals surface area contributed by atoms with E-state index in [4.69, 9.17) is 4.74 Å². The van der Waals surface area contributed by atoms with Crippen LogP contribution in [0, 0.1) is 12.7 Å². The van der Waals surface area contributed by atoms with Crippen LogP contribution in [0.5, 0.6) is 0 Å². The van der Waals surface area contributed by atoms with Crippen molar-refractivity contribution >= 4 is 27.9 Å². The summed E-state index contributed by atoms with van der Waals surface area (Å²) in [6.45, 7) is 5.05. The van der Waals surface area contributed by atoms with Crippen molar-refractivity contribution in [3.8, 4) is 22.5 Å². The fraction of sp³-hybridized carbons (Fsp3) is 0.227. The van der Waals surface area contributed by atoms with Gasteiger partial charge in [-0.15, -0.1) is 11.3 Å². The molecule has 0 spiro atoms. The Morgan fingerprint density at radius 2 is 1.90 bits per heavy atom. The number of fused-ring (bicyclic) bond motifs is 1. The summed E-state index contributed by atoms with van der Waals surface area (Å²) >= 11 is 1.52. The zero-order valence-corrected chi connectivity index (χ0v) is 16.7. The van der Waals surface area contributed by atoms with Crippen LogP contribution in [0.4, 0.5) is 10.1 Å². The number of morpholine rings is 1. The highest BCUT2D eigenvalue weighted by Gasteiger charge is 2.17. The van der Waals surface area contributed by atoms with E-state index in [0.717, 1.165) is 59.7 Å². The molecule has 0 amide bonds. The highest BCUT2D eigenvalue weighted by Crippen LogP contribution is 2.34. The lowest BCUT2D eigenvalue weighted by Crippen LogP contribution is -2.36. The molecule has 0 bridgehead atoms. The molecule has 1 saturated heterocycles. The highest BCUT2D eigenvalue weighted by atomic mass is 32.1. The van der Waals surface area contributed by atoms with E-state index in [2.05, 4.69) is 19.9 Å². The van der Waals surface area contributed by atoms with Crippen LogP contribution in [0.25, 0.3) is 33.4 Å². The molecular weight excluding hydrogens is 387 g/mol. The fourth-order valence-corrected chi connectivity index (χ4v) is 4.31. The van der Waals surface area contributed by atoms with E-state index in [1.807, 2.05) is 36.6 Å². The number of aryl methyl sites for hydroxylation is 1. The average Bonchev–Trinajstić information content (AvgIpc) is 3.28. The summed E-state index contributed by atoms with van der Waals surface area (Å²) < 4.78 is 20.4. The molecular formula is C22H19FN4OS. The van der Waals surface area contributed by atoms with Gasteiger partial charge in [0.2, 0.25) is 0 Å². The van der Waals surface area contributed by atoms with Gasteiger partial charge in [0, 0.05) is 40.7 Å². The lowest BCUT2D eigenvalue weighted by atomic mass is 9.98. The number of thiazole rings is 1. The predicted molar refractivity (Wildman–Crippen MR) is 114 cm³/mol. The monoisotopic (exact) mass is 406 g/mol. The second kappa shape index (κ2) is 7.50. The highest BCUT2D eigenvalue weighted by molar-refractivity contribution is 7.07. The molecule has 146 valence electrons. The second-order valence-corrected chi connectivity index (χ2v) is 7.76. The van der Waals surface area contributed by atoms with E-state index in [-0.39, 0.29) is 5.82 Å². The number of benzene rings is 2. The van der Waals surface area contributed by atoms with Crippen molar-refractivity contribution in [2.75, 3.05) is 31.2 Å². The van der Waals surface area contributed by atoms with Crippen molar-refractivity contribution in [3.63, 3.8) is 0 Å². The fourth-order valence-electron chi connectivity index (χ4n) is 3.75. The van der Waals surface area contributed by atoms with Gasteiger partial charge in [0.05, 0.1) is 35.6 Å². The maximum Gasteiger partial charge on any atom is 0.132 e. The van der Waals surface area contributed by atoms with Crippen molar-refractivity contribution in [2.45, 2.75) is 6.92 Å². The third-order valence-corrected chi connectivity index (χ3v) is 5.86. The van der Waals surface area contributed by atoms with Crippen LogP contribution in [0.2, 0.25) is 0 Å². The van der Waals surface area contributed by atoms with Crippen LogP contribution >= 0.6 is 11.3 Å². The van der Waals surface area contributed by atoms with Gasteiger partial charge in [0.1, 0.15) is 12.1 Å². The van der Waals surface area contributed by atoms with Gasteiger partial charge in [0.15, 0.2) is 0 Å². The number of aromatic nitrogens is 3. The molecule has 0 aliphatic carbocycles. The molecule has 1 aliphatic heterocycles. The second-order valence-electron chi connectivity index (χ2n) is 7.04. The Hall–Kier alpha value is -2.90. The third-order valence-electron chi connectivity index (χ3n) is 5.27. The van der Waals surface area contributed by atoms with Crippen molar-refractivity contribution < 1.29 is 9.13 Å². The molecule has 1 aliphatic rings. The molecule has 0 atom stereocenters. The lowest BCUT2D eigenvalue weighted by Gasteiger charge is -2.29. The Labute approximate surface area is 171 Å². The summed E-state index contributed by atoms with van der Waals surface area (Å²) in [4.78, 5) is 15.5. The van der Waals surface area contributed by atoms with Gasteiger partial charge in [-0.05, 0) is 42.8 Å². The first-order valence-electron chi connectivity index (χ1n) is 9.47. The van der Waals surface area contributed by atoms with Gasteiger partial charge in [-0.3, -0.25) is 0 Å². The average molecular weight is 406 g/mol. The molecule has 4 aromatic rings. The SMILES string of the molecule is Cc1cc(F)c(-c2ncnc3cc(N4CCOCC4)ccc23)cc1-c1cscn1. The van der Waals surface area contributed by atoms with Gasteiger partial charge < -0.3 is 9.64 Å². The van der Waals surface area contributed by atoms with Crippen molar-refractivity contribution in [1.29, 1.82) is 0 Å². The maximum atomic E-state index is 15.0. The molecule has 0 radical (unpaired) electrons. The quantitative estimate of drug-likeness (QED) is 0.493. The number of nitrogens with zero attached hydrogens (tertiary/aromatic N) is 4. The number of hydrogen-bond donors (Lipinski definition) is 0. The molecule has 0 unspecified atom stereocenters. The van der Waals surface area contributed by atoms with Gasteiger partial charge in [-0.1, -0.05) is 0 Å². The van der Waals surface area contributed by atoms with E-state index in [0.29, 0.717) is 11.3 Å². The van der Waals surface area contributed by atoms with Crippen LogP contribution in [-0.4, -0.2) is 41.3 Å². The molecule has 29 heavy (non-hydrogen) atoms. The molecule has 1 fully saturated rings. The first-order chi connectivity index (χ1) is 14.2. The van der Waals surface area contributed by atoms with E-state index >= 15 is 0 Å². The van der Waals surface area contributed by atoms with Crippen LogP contribution in [0.1, 0.15) is 5.56 Å². The minimum atomic E-state index is -0.293. The maximum absolute atomic E-state index is 15.0. The number of anilines is 1. The van der Waals surface area contributed by atoms with E-state index in [1.165, 1.54) is 17.7 Å². The summed E-state index contributed by atoms with van der Waals surface area (Å²) in [5, 5.41) is 2.80. The van der Waals surface area contributed by atoms with E-state index < -0.39 is 0 Å². The van der Waals surface area contributed by atoms with Crippen LogP contribution in [0.3, 0.4) is 0 Å². The molecule has 0 saturated carbocycles. The summed E-state index contributed by atoms with van der Waals surface area (Å²) in [6, 6.07) is 9.47. The summed E-state index contributed by atoms with van der Waals surface area (Å²) in [5.41, 5.74) is 7.35.